The first-order valence-electron chi connectivity index (χ1n) is 9.24. The summed E-state index contributed by atoms with van der Waals surface area (Å²) >= 11 is 0. The van der Waals surface area contributed by atoms with Gasteiger partial charge in [-0.2, -0.15) is 18.3 Å². The van der Waals surface area contributed by atoms with E-state index in [9.17, 15) is 18.0 Å². The maximum Gasteiger partial charge on any atom is 0.418 e. The van der Waals surface area contributed by atoms with Gasteiger partial charge >= 0.3 is 6.18 Å². The molecule has 28 heavy (non-hydrogen) atoms. The molecule has 2 aromatic rings. The minimum atomic E-state index is -4.47. The molecule has 8 heteroatoms. The van der Waals surface area contributed by atoms with E-state index in [-0.39, 0.29) is 35.8 Å². The van der Waals surface area contributed by atoms with Gasteiger partial charge in [0.2, 0.25) is 0 Å². The van der Waals surface area contributed by atoms with Crippen LogP contribution >= 0.6 is 0 Å². The predicted octanol–water partition coefficient (Wildman–Crippen LogP) is 4.12. The fourth-order valence-corrected chi connectivity index (χ4v) is 3.35. The summed E-state index contributed by atoms with van der Waals surface area (Å²) in [5.74, 6) is 0.0294. The number of aryl methyl sites for hydroxylation is 2. The van der Waals surface area contributed by atoms with Crippen molar-refractivity contribution in [2.24, 2.45) is 7.05 Å². The van der Waals surface area contributed by atoms with Crippen molar-refractivity contribution >= 4 is 0 Å². The summed E-state index contributed by atoms with van der Waals surface area (Å²) in [4.78, 5) is 16.3. The van der Waals surface area contributed by atoms with Crippen LogP contribution in [-0.4, -0.2) is 21.4 Å². The molecule has 0 unspecified atom stereocenters. The van der Waals surface area contributed by atoms with Crippen molar-refractivity contribution in [3.8, 4) is 5.75 Å². The van der Waals surface area contributed by atoms with Gasteiger partial charge in [0, 0.05) is 19.2 Å². The molecule has 0 spiro atoms. The Morgan fingerprint density at radius 2 is 1.86 bits per heavy atom. The molecule has 0 fully saturated rings. The van der Waals surface area contributed by atoms with E-state index >= 15 is 0 Å². The lowest BCUT2D eigenvalue weighted by molar-refractivity contribution is -0.139. The Hall–Kier alpha value is -2.38. The maximum absolute atomic E-state index is 13.6. The Morgan fingerprint density at radius 1 is 1.21 bits per heavy atom. The third kappa shape index (κ3) is 4.36. The molecule has 0 amide bonds. The Balaban J connectivity index is 2.33. The fraction of sp³-hybridized carbons (Fsp3) is 0.550. The average Bonchev–Trinajstić information content (AvgIpc) is 2.59. The highest BCUT2D eigenvalue weighted by Crippen LogP contribution is 2.38. The average molecular weight is 397 g/mol. The van der Waals surface area contributed by atoms with Crippen molar-refractivity contribution in [2.45, 2.75) is 59.6 Å². The third-order valence-corrected chi connectivity index (χ3v) is 4.80. The van der Waals surface area contributed by atoms with Crippen LogP contribution in [0.1, 0.15) is 60.3 Å². The first-order chi connectivity index (χ1) is 13.0. The standard InChI is InChI=1S/C20H26F3N3O2/c1-7-14-16(10-24-26(6)19(14)27)28-9-8-15-12(4)17(20(21,22)23)18(11(2)3)25-13(15)5/h10-11H,7-9H2,1-6H3. The Bertz CT molecular complexity index is 918. The first-order valence-corrected chi connectivity index (χ1v) is 9.24. The summed E-state index contributed by atoms with van der Waals surface area (Å²) in [6, 6.07) is 0. The maximum atomic E-state index is 13.6. The Morgan fingerprint density at radius 3 is 2.39 bits per heavy atom. The number of pyridine rings is 1. The highest BCUT2D eigenvalue weighted by molar-refractivity contribution is 5.42. The molecule has 0 saturated heterocycles. The van der Waals surface area contributed by atoms with Gasteiger partial charge in [-0.15, -0.1) is 0 Å². The molecule has 2 aromatic heterocycles. The molecule has 0 atom stereocenters. The molecular formula is C20H26F3N3O2. The van der Waals surface area contributed by atoms with Crippen molar-refractivity contribution in [2.75, 3.05) is 6.61 Å². The van der Waals surface area contributed by atoms with E-state index in [0.717, 1.165) is 0 Å². The van der Waals surface area contributed by atoms with E-state index in [0.29, 0.717) is 29.0 Å². The zero-order valence-corrected chi connectivity index (χ0v) is 17.1. The molecule has 0 aliphatic carbocycles. The summed E-state index contributed by atoms with van der Waals surface area (Å²) in [7, 11) is 1.55. The van der Waals surface area contributed by atoms with Crippen LogP contribution in [0.4, 0.5) is 13.2 Å². The van der Waals surface area contributed by atoms with Crippen LogP contribution in [0.25, 0.3) is 0 Å². The number of rotatable bonds is 6. The molecule has 5 nitrogen and oxygen atoms in total. The van der Waals surface area contributed by atoms with E-state index in [4.69, 9.17) is 4.74 Å². The van der Waals surface area contributed by atoms with E-state index in [1.807, 2.05) is 6.92 Å². The number of nitrogens with zero attached hydrogens (tertiary/aromatic N) is 3. The lowest BCUT2D eigenvalue weighted by atomic mass is 9.93. The molecule has 0 aliphatic rings. The molecule has 2 heterocycles. The summed E-state index contributed by atoms with van der Waals surface area (Å²) in [5, 5.41) is 3.94. The van der Waals surface area contributed by atoms with Crippen LogP contribution in [0.3, 0.4) is 0 Å². The van der Waals surface area contributed by atoms with E-state index in [1.54, 1.807) is 27.8 Å². The molecule has 0 N–H and O–H groups in total. The van der Waals surface area contributed by atoms with Gasteiger partial charge in [0.15, 0.2) is 0 Å². The second-order valence-corrected chi connectivity index (χ2v) is 7.08. The Kier molecular flexibility index (Phi) is 6.52. The summed E-state index contributed by atoms with van der Waals surface area (Å²) in [6.07, 6.45) is -2.28. The summed E-state index contributed by atoms with van der Waals surface area (Å²) in [6.45, 7) is 8.57. The van der Waals surface area contributed by atoms with E-state index in [1.165, 1.54) is 17.8 Å². The molecule has 0 bridgehead atoms. The van der Waals surface area contributed by atoms with Gasteiger partial charge in [-0.05, 0) is 37.3 Å². The van der Waals surface area contributed by atoms with Crippen molar-refractivity contribution in [1.29, 1.82) is 0 Å². The molecular weight excluding hydrogens is 371 g/mol. The molecule has 0 saturated carbocycles. The van der Waals surface area contributed by atoms with Crippen LogP contribution in [-0.2, 0) is 26.1 Å². The van der Waals surface area contributed by atoms with Crippen LogP contribution in [0.5, 0.6) is 5.75 Å². The number of aromatic nitrogens is 3. The minimum Gasteiger partial charge on any atom is -0.491 e. The Labute approximate surface area is 162 Å². The normalized spacial score (nSPS) is 11.9. The number of hydrogen-bond donors (Lipinski definition) is 0. The molecule has 0 radical (unpaired) electrons. The fourth-order valence-electron chi connectivity index (χ4n) is 3.35. The quantitative estimate of drug-likeness (QED) is 0.736. The van der Waals surface area contributed by atoms with Gasteiger partial charge in [0.05, 0.1) is 29.6 Å². The highest BCUT2D eigenvalue weighted by Gasteiger charge is 2.38. The van der Waals surface area contributed by atoms with Crippen LogP contribution in [0, 0.1) is 13.8 Å². The van der Waals surface area contributed by atoms with Crippen LogP contribution < -0.4 is 10.3 Å². The van der Waals surface area contributed by atoms with Gasteiger partial charge in [-0.25, -0.2) is 4.68 Å². The van der Waals surface area contributed by atoms with Crippen LogP contribution in [0.15, 0.2) is 11.0 Å². The number of alkyl halides is 3. The first kappa shape index (κ1) is 21.9. The van der Waals surface area contributed by atoms with Crippen molar-refractivity contribution < 1.29 is 17.9 Å². The lowest BCUT2D eigenvalue weighted by Crippen LogP contribution is -2.24. The molecule has 0 aliphatic heterocycles. The molecule has 154 valence electrons. The zero-order valence-electron chi connectivity index (χ0n) is 17.1. The van der Waals surface area contributed by atoms with Crippen molar-refractivity contribution in [1.82, 2.24) is 14.8 Å². The topological polar surface area (TPSA) is 57.0 Å². The van der Waals surface area contributed by atoms with Crippen LogP contribution in [0.2, 0.25) is 0 Å². The SMILES string of the molecule is CCc1c(OCCc2c(C)nc(C(C)C)c(C(F)(F)F)c2C)cnn(C)c1=O. The summed E-state index contributed by atoms with van der Waals surface area (Å²) < 4.78 is 47.8. The number of ether oxygens (including phenoxy) is 1. The minimum absolute atomic E-state index is 0.0659. The van der Waals surface area contributed by atoms with Crippen molar-refractivity contribution in [3.63, 3.8) is 0 Å². The second-order valence-electron chi connectivity index (χ2n) is 7.08. The smallest absolute Gasteiger partial charge is 0.418 e. The third-order valence-electron chi connectivity index (χ3n) is 4.80. The van der Waals surface area contributed by atoms with Gasteiger partial charge < -0.3 is 4.74 Å². The van der Waals surface area contributed by atoms with Gasteiger partial charge in [-0.1, -0.05) is 20.8 Å². The van der Waals surface area contributed by atoms with Gasteiger partial charge in [-0.3, -0.25) is 9.78 Å². The van der Waals surface area contributed by atoms with E-state index < -0.39 is 11.7 Å². The second kappa shape index (κ2) is 8.32. The number of hydrogen-bond acceptors (Lipinski definition) is 4. The molecule has 0 aromatic carbocycles. The van der Waals surface area contributed by atoms with Gasteiger partial charge in [0.1, 0.15) is 5.75 Å². The predicted molar refractivity (Wildman–Crippen MR) is 101 cm³/mol. The summed E-state index contributed by atoms with van der Waals surface area (Å²) in [5.41, 5.74) is 0.931. The molecule has 2 rings (SSSR count). The highest BCUT2D eigenvalue weighted by atomic mass is 19.4. The monoisotopic (exact) mass is 397 g/mol. The van der Waals surface area contributed by atoms with Crippen molar-refractivity contribution in [3.05, 3.63) is 50.2 Å². The lowest BCUT2D eigenvalue weighted by Gasteiger charge is -2.22. The van der Waals surface area contributed by atoms with E-state index in [2.05, 4.69) is 10.1 Å². The largest absolute Gasteiger partial charge is 0.491 e. The zero-order chi connectivity index (χ0) is 21.2. The van der Waals surface area contributed by atoms with Gasteiger partial charge in [0.25, 0.3) is 5.56 Å². The number of halogens is 3.